The smallest absolute Gasteiger partial charge is 0.326 e. The van der Waals surface area contributed by atoms with Crippen LogP contribution in [0.1, 0.15) is 28.6 Å². The summed E-state index contributed by atoms with van der Waals surface area (Å²) in [6.07, 6.45) is 0.381. The van der Waals surface area contributed by atoms with Gasteiger partial charge in [0, 0.05) is 5.57 Å². The van der Waals surface area contributed by atoms with Crippen molar-refractivity contribution in [2.24, 2.45) is 5.92 Å². The Labute approximate surface area is 85.4 Å². The van der Waals surface area contributed by atoms with Crippen molar-refractivity contribution in [1.29, 1.82) is 0 Å². The van der Waals surface area contributed by atoms with Crippen molar-refractivity contribution in [3.8, 4) is 0 Å². The standard InChI is InChI=1S/C10H17NO3/c1-6(2)5-8(10(13)14)11-9(12)7(3)4/h6,8H,3,5H2,1-2,4H3,(H,11,12)(H,13,14)/t8-/m0/s1/i3D. The van der Waals surface area contributed by atoms with Gasteiger partial charge in [-0.25, -0.2) is 4.79 Å². The van der Waals surface area contributed by atoms with Crippen LogP contribution in [0.15, 0.2) is 12.1 Å². The summed E-state index contributed by atoms with van der Waals surface area (Å²) in [6.45, 7) is 6.14. The lowest BCUT2D eigenvalue weighted by molar-refractivity contribution is -0.141. The average molecular weight is 200 g/mol. The Bertz CT molecular complexity index is 274. The number of aliphatic carboxylic acids is 1. The summed E-state index contributed by atoms with van der Waals surface area (Å²) in [5.74, 6) is -1.36. The maximum absolute atomic E-state index is 11.3. The third kappa shape index (κ3) is 4.64. The lowest BCUT2D eigenvalue weighted by Crippen LogP contribution is -2.41. The molecule has 80 valence electrons. The van der Waals surface area contributed by atoms with Crippen LogP contribution in [-0.4, -0.2) is 23.0 Å². The highest BCUT2D eigenvalue weighted by Crippen LogP contribution is 2.05. The van der Waals surface area contributed by atoms with Crippen molar-refractivity contribution < 1.29 is 16.1 Å². The van der Waals surface area contributed by atoms with Crippen LogP contribution in [0.5, 0.6) is 0 Å². The van der Waals surface area contributed by atoms with E-state index in [0.29, 0.717) is 6.42 Å². The van der Waals surface area contributed by atoms with Crippen molar-refractivity contribution in [1.82, 2.24) is 5.32 Å². The molecular formula is C10H17NO3. The number of hydrogen-bond donors (Lipinski definition) is 2. The predicted octanol–water partition coefficient (Wildman–Crippen LogP) is 1.18. The second-order valence-electron chi connectivity index (χ2n) is 3.68. The molecule has 0 aromatic carbocycles. The van der Waals surface area contributed by atoms with E-state index in [0.717, 1.165) is 6.55 Å². The first-order valence-electron chi connectivity index (χ1n) is 5.05. The zero-order valence-electron chi connectivity index (χ0n) is 9.70. The molecule has 0 aliphatic carbocycles. The molecule has 0 unspecified atom stereocenters. The zero-order chi connectivity index (χ0) is 12.0. The van der Waals surface area contributed by atoms with Crippen molar-refractivity contribution >= 4 is 11.9 Å². The zero-order valence-corrected chi connectivity index (χ0v) is 8.70. The summed E-state index contributed by atoms with van der Waals surface area (Å²) < 4.78 is 6.86. The van der Waals surface area contributed by atoms with Crippen LogP contribution in [0.3, 0.4) is 0 Å². The molecule has 14 heavy (non-hydrogen) atoms. The van der Waals surface area contributed by atoms with Crippen molar-refractivity contribution in [2.75, 3.05) is 0 Å². The van der Waals surface area contributed by atoms with Gasteiger partial charge in [-0.05, 0) is 19.3 Å². The second kappa shape index (κ2) is 5.42. The van der Waals surface area contributed by atoms with Crippen molar-refractivity contribution in [2.45, 2.75) is 33.2 Å². The quantitative estimate of drug-likeness (QED) is 0.655. The summed E-state index contributed by atoms with van der Waals surface area (Å²) in [6, 6.07) is -0.882. The van der Waals surface area contributed by atoms with E-state index in [4.69, 9.17) is 6.48 Å². The van der Waals surface area contributed by atoms with Crippen molar-refractivity contribution in [3.05, 3.63) is 12.1 Å². The number of carbonyl (C=O) groups excluding carboxylic acids is 1. The maximum Gasteiger partial charge on any atom is 0.326 e. The molecule has 0 aromatic rings. The Hall–Kier alpha value is -1.32. The first kappa shape index (κ1) is 10.8. The fraction of sp³-hybridized carbons (Fsp3) is 0.600. The number of carboxylic acids is 1. The SMILES string of the molecule is [2H]C=C(C)C(=O)N[C@@H](CC(C)C)C(=O)O. The molecule has 0 saturated carbocycles. The molecule has 4 heteroatoms. The first-order valence-corrected chi connectivity index (χ1v) is 4.47. The highest BCUT2D eigenvalue weighted by Gasteiger charge is 2.20. The maximum atomic E-state index is 11.3. The summed E-state index contributed by atoms with van der Waals surface area (Å²) in [5, 5.41) is 11.2. The molecule has 0 bridgehead atoms. The predicted molar refractivity (Wildman–Crippen MR) is 53.8 cm³/mol. The number of nitrogens with one attached hydrogen (secondary N) is 1. The topological polar surface area (TPSA) is 66.4 Å². The highest BCUT2D eigenvalue weighted by atomic mass is 16.4. The van der Waals surface area contributed by atoms with E-state index in [9.17, 15) is 9.59 Å². The minimum Gasteiger partial charge on any atom is -0.480 e. The van der Waals surface area contributed by atoms with Crippen LogP contribution in [0.4, 0.5) is 0 Å². The van der Waals surface area contributed by atoms with Gasteiger partial charge in [0.25, 0.3) is 0 Å². The van der Waals surface area contributed by atoms with Gasteiger partial charge >= 0.3 is 5.97 Å². The van der Waals surface area contributed by atoms with Gasteiger partial charge in [-0.2, -0.15) is 0 Å². The molecule has 1 atom stereocenters. The number of amides is 1. The summed E-state index contributed by atoms with van der Waals surface area (Å²) in [5.41, 5.74) is 0.199. The summed E-state index contributed by atoms with van der Waals surface area (Å²) in [7, 11) is 0. The van der Waals surface area contributed by atoms with E-state index < -0.39 is 17.9 Å². The molecule has 0 fully saturated rings. The van der Waals surface area contributed by atoms with Gasteiger partial charge in [0.2, 0.25) is 5.91 Å². The van der Waals surface area contributed by atoms with Gasteiger partial charge in [0.15, 0.2) is 0 Å². The molecule has 0 aliphatic heterocycles. The number of hydrogen-bond acceptors (Lipinski definition) is 2. The average Bonchev–Trinajstić information content (AvgIpc) is 2.14. The van der Waals surface area contributed by atoms with Crippen molar-refractivity contribution in [3.63, 3.8) is 0 Å². The van der Waals surface area contributed by atoms with Crippen LogP contribution < -0.4 is 5.32 Å². The summed E-state index contributed by atoms with van der Waals surface area (Å²) in [4.78, 5) is 22.1. The molecule has 0 aliphatic rings. The van der Waals surface area contributed by atoms with Gasteiger partial charge in [-0.15, -0.1) is 0 Å². The molecule has 0 radical (unpaired) electrons. The highest BCUT2D eigenvalue weighted by molar-refractivity contribution is 5.94. The molecule has 0 saturated heterocycles. The van der Waals surface area contributed by atoms with Gasteiger partial charge < -0.3 is 10.4 Å². The van der Waals surface area contributed by atoms with E-state index in [1.165, 1.54) is 6.92 Å². The Kier molecular flexibility index (Phi) is 4.16. The molecule has 0 spiro atoms. The van der Waals surface area contributed by atoms with Gasteiger partial charge in [-0.3, -0.25) is 4.79 Å². The van der Waals surface area contributed by atoms with Crippen LogP contribution in [0.2, 0.25) is 0 Å². The Balaban J connectivity index is 4.42. The third-order valence-corrected chi connectivity index (χ3v) is 1.67. The first-order chi connectivity index (χ1) is 6.88. The van der Waals surface area contributed by atoms with E-state index in [2.05, 4.69) is 5.32 Å². The lowest BCUT2D eigenvalue weighted by Gasteiger charge is -2.16. The molecule has 0 aromatic heterocycles. The molecule has 1 amide bonds. The minimum absolute atomic E-state index is 0.187. The van der Waals surface area contributed by atoms with Gasteiger partial charge in [0.1, 0.15) is 6.04 Å². The fourth-order valence-corrected chi connectivity index (χ4v) is 0.965. The van der Waals surface area contributed by atoms with E-state index >= 15 is 0 Å². The van der Waals surface area contributed by atoms with Crippen LogP contribution in [-0.2, 0) is 9.59 Å². The molecule has 4 nitrogen and oxygen atoms in total. The fourth-order valence-electron chi connectivity index (χ4n) is 0.965. The monoisotopic (exact) mass is 200 g/mol. The number of carbonyl (C=O) groups is 2. The Morgan fingerprint density at radius 1 is 1.57 bits per heavy atom. The molecule has 0 heterocycles. The van der Waals surface area contributed by atoms with Gasteiger partial charge in [0.05, 0.1) is 1.37 Å². The number of rotatable bonds is 5. The van der Waals surface area contributed by atoms with E-state index in [1.807, 2.05) is 13.8 Å². The molecule has 0 rings (SSSR count). The molecular weight excluding hydrogens is 182 g/mol. The largest absolute Gasteiger partial charge is 0.480 e. The number of carboxylic acid groups (broad SMARTS) is 1. The normalized spacial score (nSPS) is 14.9. The van der Waals surface area contributed by atoms with Crippen LogP contribution >= 0.6 is 0 Å². The molecule has 2 N–H and O–H groups in total. The second-order valence-corrected chi connectivity index (χ2v) is 3.68. The Morgan fingerprint density at radius 3 is 2.50 bits per heavy atom. The van der Waals surface area contributed by atoms with Crippen LogP contribution in [0, 0.1) is 5.92 Å². The Morgan fingerprint density at radius 2 is 2.14 bits per heavy atom. The van der Waals surface area contributed by atoms with Crippen LogP contribution in [0.25, 0.3) is 0 Å². The van der Waals surface area contributed by atoms with E-state index in [1.54, 1.807) is 0 Å². The minimum atomic E-state index is -1.05. The lowest BCUT2D eigenvalue weighted by atomic mass is 10.0. The van der Waals surface area contributed by atoms with E-state index in [-0.39, 0.29) is 11.5 Å². The third-order valence-electron chi connectivity index (χ3n) is 1.67. The summed E-state index contributed by atoms with van der Waals surface area (Å²) >= 11 is 0. The van der Waals surface area contributed by atoms with Gasteiger partial charge in [-0.1, -0.05) is 20.4 Å².